The first kappa shape index (κ1) is 15.5. The molecule has 2 heteroatoms. The van der Waals surface area contributed by atoms with Gasteiger partial charge in [-0.05, 0) is 48.6 Å². The number of nitrogens with one attached hydrogen (secondary N) is 1. The van der Waals surface area contributed by atoms with Crippen molar-refractivity contribution in [1.29, 1.82) is 0 Å². The molecule has 112 valence electrons. The Balaban J connectivity index is 2.08. The standard InChI is InChI=1S/C18H30N2/c1-3-6-16(7-4-2)18(20-19)17-12-10-15(11-13-17)14-8-5-9-14/h10-14,16,18,20H,3-9,19H2,1-2H3. The molecule has 3 N–H and O–H groups in total. The zero-order chi connectivity index (χ0) is 14.4. The van der Waals surface area contributed by atoms with Gasteiger partial charge in [0.25, 0.3) is 0 Å². The first-order chi connectivity index (χ1) is 9.80. The third-order valence-corrected chi connectivity index (χ3v) is 4.84. The summed E-state index contributed by atoms with van der Waals surface area (Å²) in [6, 6.07) is 9.51. The lowest BCUT2D eigenvalue weighted by molar-refractivity contribution is 0.319. The molecule has 0 spiro atoms. The van der Waals surface area contributed by atoms with Crippen LogP contribution in [0.1, 0.15) is 81.9 Å². The molecule has 1 unspecified atom stereocenters. The van der Waals surface area contributed by atoms with Gasteiger partial charge in [-0.1, -0.05) is 57.4 Å². The number of benzene rings is 1. The van der Waals surface area contributed by atoms with Crippen molar-refractivity contribution in [2.75, 3.05) is 0 Å². The molecule has 0 saturated heterocycles. The van der Waals surface area contributed by atoms with E-state index in [9.17, 15) is 0 Å². The first-order valence-electron chi connectivity index (χ1n) is 8.36. The zero-order valence-electron chi connectivity index (χ0n) is 13.1. The summed E-state index contributed by atoms with van der Waals surface area (Å²) >= 11 is 0. The van der Waals surface area contributed by atoms with E-state index in [0.29, 0.717) is 12.0 Å². The monoisotopic (exact) mass is 274 g/mol. The minimum Gasteiger partial charge on any atom is -0.271 e. The Morgan fingerprint density at radius 1 is 1.10 bits per heavy atom. The molecule has 0 amide bonds. The van der Waals surface area contributed by atoms with E-state index in [-0.39, 0.29) is 0 Å². The van der Waals surface area contributed by atoms with Gasteiger partial charge >= 0.3 is 0 Å². The van der Waals surface area contributed by atoms with E-state index in [0.717, 1.165) is 5.92 Å². The van der Waals surface area contributed by atoms with Gasteiger partial charge in [0.15, 0.2) is 0 Å². The van der Waals surface area contributed by atoms with E-state index in [1.54, 1.807) is 0 Å². The number of hydrazine groups is 1. The first-order valence-corrected chi connectivity index (χ1v) is 8.36. The van der Waals surface area contributed by atoms with Gasteiger partial charge in [0.2, 0.25) is 0 Å². The van der Waals surface area contributed by atoms with Gasteiger partial charge in [-0.15, -0.1) is 0 Å². The Labute approximate surface area is 124 Å². The minimum absolute atomic E-state index is 0.297. The van der Waals surface area contributed by atoms with Gasteiger partial charge < -0.3 is 0 Å². The van der Waals surface area contributed by atoms with Crippen molar-refractivity contribution >= 4 is 0 Å². The van der Waals surface area contributed by atoms with Gasteiger partial charge in [0.1, 0.15) is 0 Å². The van der Waals surface area contributed by atoms with Gasteiger partial charge in [-0.3, -0.25) is 11.3 Å². The topological polar surface area (TPSA) is 38.0 Å². The summed E-state index contributed by atoms with van der Waals surface area (Å²) in [5, 5.41) is 0. The summed E-state index contributed by atoms with van der Waals surface area (Å²) in [5.74, 6) is 7.31. The fourth-order valence-corrected chi connectivity index (χ4v) is 3.44. The Morgan fingerprint density at radius 2 is 1.70 bits per heavy atom. The lowest BCUT2D eigenvalue weighted by Crippen LogP contribution is -2.33. The molecule has 1 aliphatic rings. The summed E-state index contributed by atoms with van der Waals surface area (Å²) in [5.41, 5.74) is 5.93. The number of hydrogen-bond donors (Lipinski definition) is 2. The van der Waals surface area contributed by atoms with Gasteiger partial charge in [0, 0.05) is 6.04 Å². The van der Waals surface area contributed by atoms with Crippen LogP contribution in [0.15, 0.2) is 24.3 Å². The molecule has 0 bridgehead atoms. The van der Waals surface area contributed by atoms with Crippen LogP contribution in [0.25, 0.3) is 0 Å². The molecular weight excluding hydrogens is 244 g/mol. The van der Waals surface area contributed by atoms with Crippen molar-refractivity contribution in [3.8, 4) is 0 Å². The van der Waals surface area contributed by atoms with Crippen molar-refractivity contribution < 1.29 is 0 Å². The van der Waals surface area contributed by atoms with Crippen LogP contribution in [0.2, 0.25) is 0 Å². The van der Waals surface area contributed by atoms with Gasteiger partial charge in [0.05, 0.1) is 0 Å². The molecule has 2 nitrogen and oxygen atoms in total. The maximum absolute atomic E-state index is 5.85. The molecule has 0 radical (unpaired) electrons. The minimum atomic E-state index is 0.297. The predicted molar refractivity (Wildman–Crippen MR) is 86.4 cm³/mol. The molecule has 20 heavy (non-hydrogen) atoms. The van der Waals surface area contributed by atoms with Crippen molar-refractivity contribution in [1.82, 2.24) is 5.43 Å². The van der Waals surface area contributed by atoms with E-state index < -0.39 is 0 Å². The van der Waals surface area contributed by atoms with E-state index in [1.807, 2.05) is 0 Å². The highest BCUT2D eigenvalue weighted by Crippen LogP contribution is 2.37. The van der Waals surface area contributed by atoms with Gasteiger partial charge in [-0.25, -0.2) is 0 Å². The molecule has 1 atom stereocenters. The Morgan fingerprint density at radius 3 is 2.10 bits per heavy atom. The molecule has 0 aliphatic heterocycles. The summed E-state index contributed by atoms with van der Waals surface area (Å²) in [6.45, 7) is 4.52. The molecular formula is C18H30N2. The lowest BCUT2D eigenvalue weighted by atomic mass is 9.79. The normalized spacial score (nSPS) is 17.2. The highest BCUT2D eigenvalue weighted by atomic mass is 15.2. The van der Waals surface area contributed by atoms with Crippen LogP contribution in [0, 0.1) is 5.92 Å². The smallest absolute Gasteiger partial charge is 0.0488 e. The quantitative estimate of drug-likeness (QED) is 0.534. The van der Waals surface area contributed by atoms with E-state index >= 15 is 0 Å². The SMILES string of the molecule is CCCC(CCC)C(NN)c1ccc(C2CCC2)cc1. The van der Waals surface area contributed by atoms with Gasteiger partial charge in [-0.2, -0.15) is 0 Å². The molecule has 1 aliphatic carbocycles. The van der Waals surface area contributed by atoms with Crippen LogP contribution in [-0.4, -0.2) is 0 Å². The van der Waals surface area contributed by atoms with Crippen LogP contribution in [0.5, 0.6) is 0 Å². The van der Waals surface area contributed by atoms with Crippen molar-refractivity contribution in [2.45, 2.75) is 70.8 Å². The fraction of sp³-hybridized carbons (Fsp3) is 0.667. The summed E-state index contributed by atoms with van der Waals surface area (Å²) in [4.78, 5) is 0. The average molecular weight is 274 g/mol. The second-order valence-electron chi connectivity index (χ2n) is 6.28. The number of hydrogen-bond acceptors (Lipinski definition) is 2. The van der Waals surface area contributed by atoms with Crippen molar-refractivity contribution in [3.63, 3.8) is 0 Å². The third-order valence-electron chi connectivity index (χ3n) is 4.84. The highest BCUT2D eigenvalue weighted by molar-refractivity contribution is 5.28. The largest absolute Gasteiger partial charge is 0.271 e. The zero-order valence-corrected chi connectivity index (χ0v) is 13.1. The van der Waals surface area contributed by atoms with Crippen LogP contribution in [0.3, 0.4) is 0 Å². The molecule has 0 aromatic heterocycles. The number of nitrogens with two attached hydrogens (primary N) is 1. The van der Waals surface area contributed by atoms with Crippen LogP contribution < -0.4 is 11.3 Å². The van der Waals surface area contributed by atoms with Crippen LogP contribution in [-0.2, 0) is 0 Å². The van der Waals surface area contributed by atoms with E-state index in [4.69, 9.17) is 5.84 Å². The maximum atomic E-state index is 5.85. The molecule has 1 fully saturated rings. The maximum Gasteiger partial charge on any atom is 0.0488 e. The average Bonchev–Trinajstić information content (AvgIpc) is 2.40. The molecule has 2 rings (SSSR count). The Hall–Kier alpha value is -0.860. The summed E-state index contributed by atoms with van der Waals surface area (Å²) in [6.07, 6.45) is 9.07. The molecule has 0 heterocycles. The van der Waals surface area contributed by atoms with Crippen molar-refractivity contribution in [3.05, 3.63) is 35.4 Å². The highest BCUT2D eigenvalue weighted by Gasteiger charge is 2.22. The molecule has 1 aromatic carbocycles. The third kappa shape index (κ3) is 3.62. The fourth-order valence-electron chi connectivity index (χ4n) is 3.44. The van der Waals surface area contributed by atoms with Crippen LogP contribution in [0.4, 0.5) is 0 Å². The second kappa shape index (κ2) is 7.80. The van der Waals surface area contributed by atoms with Crippen LogP contribution >= 0.6 is 0 Å². The predicted octanol–water partition coefficient (Wildman–Crippen LogP) is 4.67. The molecule has 1 aromatic rings. The summed E-state index contributed by atoms with van der Waals surface area (Å²) in [7, 11) is 0. The Kier molecular flexibility index (Phi) is 6.06. The van der Waals surface area contributed by atoms with E-state index in [2.05, 4.69) is 43.5 Å². The van der Waals surface area contributed by atoms with E-state index in [1.165, 1.54) is 56.1 Å². The molecule has 1 saturated carbocycles. The number of rotatable bonds is 8. The Bertz CT molecular complexity index is 375. The van der Waals surface area contributed by atoms with Crippen molar-refractivity contribution in [2.24, 2.45) is 11.8 Å². The lowest BCUT2D eigenvalue weighted by Gasteiger charge is -2.28. The second-order valence-corrected chi connectivity index (χ2v) is 6.28. The summed E-state index contributed by atoms with van der Waals surface area (Å²) < 4.78 is 0.